The zero-order valence-electron chi connectivity index (χ0n) is 13.6. The number of hydrogen-bond acceptors (Lipinski definition) is 4. The lowest BCUT2D eigenvalue weighted by Gasteiger charge is -2.36. The van der Waals surface area contributed by atoms with Crippen molar-refractivity contribution in [2.75, 3.05) is 32.7 Å². The summed E-state index contributed by atoms with van der Waals surface area (Å²) in [5.74, 6) is 0.834. The maximum Gasteiger partial charge on any atom is 0.269 e. The highest BCUT2D eigenvalue weighted by Gasteiger charge is 2.20. The Morgan fingerprint density at radius 1 is 1.04 bits per heavy atom. The van der Waals surface area contributed by atoms with E-state index in [1.807, 2.05) is 12.1 Å². The molecule has 1 saturated heterocycles. The number of allylic oxidation sites excluding steroid dienone is 2. The van der Waals surface area contributed by atoms with Crippen molar-refractivity contribution in [2.24, 2.45) is 5.92 Å². The van der Waals surface area contributed by atoms with Gasteiger partial charge >= 0.3 is 0 Å². The summed E-state index contributed by atoms with van der Waals surface area (Å²) in [6.45, 7) is 6.55. The average molecular weight is 315 g/mol. The van der Waals surface area contributed by atoms with Crippen LogP contribution in [0.5, 0.6) is 0 Å². The molecule has 0 saturated carbocycles. The zero-order valence-corrected chi connectivity index (χ0v) is 13.6. The van der Waals surface area contributed by atoms with Crippen LogP contribution in [0.4, 0.5) is 5.69 Å². The number of nitrogens with zero attached hydrogens (tertiary/aromatic N) is 3. The first-order valence-corrected chi connectivity index (χ1v) is 8.54. The molecule has 1 atom stereocenters. The summed E-state index contributed by atoms with van der Waals surface area (Å²) >= 11 is 0. The molecule has 2 aliphatic rings. The number of hydrogen-bond donors (Lipinski definition) is 0. The fourth-order valence-corrected chi connectivity index (χ4v) is 3.50. The lowest BCUT2D eigenvalue weighted by atomic mass is 9.94. The van der Waals surface area contributed by atoms with Crippen molar-refractivity contribution in [3.8, 4) is 0 Å². The molecule has 1 aliphatic carbocycles. The first-order chi connectivity index (χ1) is 11.2. The Morgan fingerprint density at radius 3 is 2.35 bits per heavy atom. The quantitative estimate of drug-likeness (QED) is 0.476. The van der Waals surface area contributed by atoms with Crippen LogP contribution in [0.15, 0.2) is 36.4 Å². The Balaban J connectivity index is 1.43. The minimum absolute atomic E-state index is 0.167. The van der Waals surface area contributed by atoms with Crippen molar-refractivity contribution in [1.29, 1.82) is 0 Å². The van der Waals surface area contributed by atoms with Crippen molar-refractivity contribution >= 4 is 5.69 Å². The molecule has 0 spiro atoms. The summed E-state index contributed by atoms with van der Waals surface area (Å²) < 4.78 is 0. The maximum absolute atomic E-state index is 10.7. The van der Waals surface area contributed by atoms with Gasteiger partial charge in [-0.25, -0.2) is 0 Å². The Bertz CT molecular complexity index is 548. The summed E-state index contributed by atoms with van der Waals surface area (Å²) in [4.78, 5) is 15.4. The van der Waals surface area contributed by atoms with Gasteiger partial charge in [0.1, 0.15) is 0 Å². The van der Waals surface area contributed by atoms with Gasteiger partial charge in [0.15, 0.2) is 0 Å². The Labute approximate surface area is 137 Å². The van der Waals surface area contributed by atoms with Crippen LogP contribution in [0.2, 0.25) is 0 Å². The van der Waals surface area contributed by atoms with Crippen LogP contribution in [-0.4, -0.2) is 47.4 Å². The van der Waals surface area contributed by atoms with Crippen molar-refractivity contribution in [2.45, 2.75) is 25.8 Å². The molecule has 1 aromatic rings. The van der Waals surface area contributed by atoms with E-state index in [2.05, 4.69) is 22.0 Å². The SMILES string of the molecule is O=[N+]([O-])c1ccc(CN2CCN(C[C@H]3CC=CCC3)CC2)cc1. The summed E-state index contributed by atoms with van der Waals surface area (Å²) in [5.41, 5.74) is 1.32. The van der Waals surface area contributed by atoms with Gasteiger partial charge in [-0.15, -0.1) is 0 Å². The Hall–Kier alpha value is -1.72. The van der Waals surface area contributed by atoms with Crippen molar-refractivity contribution in [3.05, 3.63) is 52.1 Å². The van der Waals surface area contributed by atoms with Crippen LogP contribution in [0.3, 0.4) is 0 Å². The average Bonchev–Trinajstić information content (AvgIpc) is 2.58. The molecule has 5 heteroatoms. The molecule has 23 heavy (non-hydrogen) atoms. The number of non-ortho nitro benzene ring substituents is 1. The van der Waals surface area contributed by atoms with E-state index in [4.69, 9.17) is 0 Å². The molecule has 5 nitrogen and oxygen atoms in total. The number of benzene rings is 1. The number of nitro groups is 1. The molecule has 1 fully saturated rings. The van der Waals surface area contributed by atoms with E-state index < -0.39 is 0 Å². The molecule has 0 aromatic heterocycles. The second-order valence-electron chi connectivity index (χ2n) is 6.65. The Kier molecular flexibility index (Phi) is 5.41. The highest BCUT2D eigenvalue weighted by Crippen LogP contribution is 2.20. The molecule has 0 unspecified atom stereocenters. The maximum atomic E-state index is 10.7. The number of nitro benzene ring substituents is 1. The first kappa shape index (κ1) is 16.1. The summed E-state index contributed by atoms with van der Waals surface area (Å²) in [7, 11) is 0. The van der Waals surface area contributed by atoms with E-state index in [9.17, 15) is 10.1 Å². The fourth-order valence-electron chi connectivity index (χ4n) is 3.50. The van der Waals surface area contributed by atoms with E-state index in [1.54, 1.807) is 12.1 Å². The topological polar surface area (TPSA) is 49.6 Å². The molecule has 1 aliphatic heterocycles. The van der Waals surface area contributed by atoms with Crippen molar-refractivity contribution in [1.82, 2.24) is 9.80 Å². The van der Waals surface area contributed by atoms with Crippen LogP contribution < -0.4 is 0 Å². The molecule has 3 rings (SSSR count). The van der Waals surface area contributed by atoms with E-state index in [0.29, 0.717) is 0 Å². The summed E-state index contributed by atoms with van der Waals surface area (Å²) in [5, 5.41) is 10.7. The summed E-state index contributed by atoms with van der Waals surface area (Å²) in [6, 6.07) is 6.95. The molecule has 0 bridgehead atoms. The molecule has 0 radical (unpaired) electrons. The predicted octanol–water partition coefficient (Wildman–Crippen LogP) is 3.07. The third-order valence-corrected chi connectivity index (χ3v) is 4.91. The lowest BCUT2D eigenvalue weighted by molar-refractivity contribution is -0.384. The minimum atomic E-state index is -0.344. The van der Waals surface area contributed by atoms with Gasteiger partial charge in [-0.2, -0.15) is 0 Å². The number of piperazine rings is 1. The van der Waals surface area contributed by atoms with Gasteiger partial charge in [-0.1, -0.05) is 24.3 Å². The number of rotatable bonds is 5. The molecular weight excluding hydrogens is 290 g/mol. The third kappa shape index (κ3) is 4.62. The van der Waals surface area contributed by atoms with Gasteiger partial charge < -0.3 is 4.90 Å². The highest BCUT2D eigenvalue weighted by atomic mass is 16.6. The van der Waals surface area contributed by atoms with Gasteiger partial charge in [0.05, 0.1) is 4.92 Å². The van der Waals surface area contributed by atoms with E-state index >= 15 is 0 Å². The predicted molar refractivity (Wildman–Crippen MR) is 91.3 cm³/mol. The van der Waals surface area contributed by atoms with E-state index in [1.165, 1.54) is 25.8 Å². The van der Waals surface area contributed by atoms with Crippen LogP contribution >= 0.6 is 0 Å². The molecule has 0 amide bonds. The lowest BCUT2D eigenvalue weighted by Crippen LogP contribution is -2.47. The van der Waals surface area contributed by atoms with Crippen LogP contribution in [0, 0.1) is 16.0 Å². The van der Waals surface area contributed by atoms with Gasteiger partial charge in [-0.3, -0.25) is 15.0 Å². The van der Waals surface area contributed by atoms with Crippen LogP contribution in [0.25, 0.3) is 0 Å². The van der Waals surface area contributed by atoms with Crippen LogP contribution in [0.1, 0.15) is 24.8 Å². The Morgan fingerprint density at radius 2 is 1.74 bits per heavy atom. The molecule has 1 aromatic carbocycles. The largest absolute Gasteiger partial charge is 0.301 e. The normalized spacial score (nSPS) is 23.0. The van der Waals surface area contributed by atoms with E-state index in [0.717, 1.165) is 44.2 Å². The molecule has 0 N–H and O–H groups in total. The standard InChI is InChI=1S/C18H25N3O2/c22-21(23)18-8-6-17(7-9-18)15-20-12-10-19(11-13-20)14-16-4-2-1-3-5-16/h1-2,6-9,16H,3-5,10-15H2/t16-/m0/s1. The smallest absolute Gasteiger partial charge is 0.269 e. The van der Waals surface area contributed by atoms with Gasteiger partial charge in [-0.05, 0) is 30.7 Å². The van der Waals surface area contributed by atoms with Gasteiger partial charge in [0.25, 0.3) is 5.69 Å². The first-order valence-electron chi connectivity index (χ1n) is 8.54. The molecule has 1 heterocycles. The highest BCUT2D eigenvalue weighted by molar-refractivity contribution is 5.32. The fraction of sp³-hybridized carbons (Fsp3) is 0.556. The zero-order chi connectivity index (χ0) is 16.1. The van der Waals surface area contributed by atoms with Crippen molar-refractivity contribution in [3.63, 3.8) is 0 Å². The van der Waals surface area contributed by atoms with Gasteiger partial charge in [0, 0.05) is 51.4 Å². The van der Waals surface area contributed by atoms with E-state index in [-0.39, 0.29) is 10.6 Å². The minimum Gasteiger partial charge on any atom is -0.301 e. The summed E-state index contributed by atoms with van der Waals surface area (Å²) in [6.07, 6.45) is 8.45. The third-order valence-electron chi connectivity index (χ3n) is 4.91. The monoisotopic (exact) mass is 315 g/mol. The van der Waals surface area contributed by atoms with Crippen LogP contribution in [-0.2, 0) is 6.54 Å². The second kappa shape index (κ2) is 7.70. The molecule has 124 valence electrons. The molecular formula is C18H25N3O2. The van der Waals surface area contributed by atoms with Gasteiger partial charge in [0.2, 0.25) is 0 Å². The second-order valence-corrected chi connectivity index (χ2v) is 6.65. The van der Waals surface area contributed by atoms with Crippen molar-refractivity contribution < 1.29 is 4.92 Å².